The van der Waals surface area contributed by atoms with Gasteiger partial charge in [-0.05, 0) is 71.8 Å². The zero-order chi connectivity index (χ0) is 18.0. The molecule has 1 aliphatic rings. The van der Waals surface area contributed by atoms with Crippen LogP contribution < -0.4 is 10.1 Å². The number of thiophene rings is 1. The van der Waals surface area contributed by atoms with Crippen molar-refractivity contribution >= 4 is 38.2 Å². The van der Waals surface area contributed by atoms with Gasteiger partial charge in [0.25, 0.3) is 5.91 Å². The first kappa shape index (κ1) is 18.0. The Balaban J connectivity index is 1.84. The first-order valence-corrected chi connectivity index (χ1v) is 9.92. The predicted octanol–water partition coefficient (Wildman–Crippen LogP) is 5.16. The molecule has 0 bridgehead atoms. The highest BCUT2D eigenvalue weighted by molar-refractivity contribution is 9.10. The third-order valence-electron chi connectivity index (χ3n) is 4.34. The van der Waals surface area contributed by atoms with E-state index in [4.69, 9.17) is 4.74 Å². The summed E-state index contributed by atoms with van der Waals surface area (Å²) in [5.74, 6) is 1.12. The highest BCUT2D eigenvalue weighted by atomic mass is 79.9. The van der Waals surface area contributed by atoms with E-state index in [-0.39, 0.29) is 5.91 Å². The van der Waals surface area contributed by atoms with Crippen LogP contribution in [0.25, 0.3) is 0 Å². The van der Waals surface area contributed by atoms with Crippen LogP contribution in [0.1, 0.15) is 46.6 Å². The number of nitriles is 1. The lowest BCUT2D eigenvalue weighted by Crippen LogP contribution is -2.12. The number of anilines is 1. The van der Waals surface area contributed by atoms with Crippen LogP contribution in [0, 0.1) is 17.2 Å². The number of hydrogen-bond donors (Lipinski definition) is 1. The van der Waals surface area contributed by atoms with Gasteiger partial charge < -0.3 is 10.1 Å². The summed E-state index contributed by atoms with van der Waals surface area (Å²) in [6, 6.07) is 7.52. The fourth-order valence-corrected chi connectivity index (χ4v) is 4.90. The molecule has 3 rings (SSSR count). The average Bonchev–Trinajstić information content (AvgIpc) is 2.92. The monoisotopic (exact) mass is 418 g/mol. The van der Waals surface area contributed by atoms with E-state index in [0.29, 0.717) is 34.4 Å². The van der Waals surface area contributed by atoms with Crippen LogP contribution >= 0.6 is 27.3 Å². The summed E-state index contributed by atoms with van der Waals surface area (Å²) >= 11 is 4.97. The van der Waals surface area contributed by atoms with Gasteiger partial charge in [0.15, 0.2) is 0 Å². The van der Waals surface area contributed by atoms with Gasteiger partial charge in [-0.3, -0.25) is 4.79 Å². The van der Waals surface area contributed by atoms with Gasteiger partial charge in [-0.25, -0.2) is 0 Å². The molecule has 1 amide bonds. The van der Waals surface area contributed by atoms with Gasteiger partial charge in [0, 0.05) is 10.4 Å². The Labute approximate surface area is 159 Å². The Bertz CT molecular complexity index is 854. The van der Waals surface area contributed by atoms with Gasteiger partial charge in [0.2, 0.25) is 0 Å². The molecule has 0 saturated carbocycles. The van der Waals surface area contributed by atoms with Crippen molar-refractivity contribution in [2.75, 3.05) is 11.9 Å². The van der Waals surface area contributed by atoms with E-state index in [2.05, 4.69) is 34.2 Å². The number of hydrogen-bond acceptors (Lipinski definition) is 4. The molecule has 1 atom stereocenters. The van der Waals surface area contributed by atoms with E-state index in [9.17, 15) is 10.1 Å². The Hall–Kier alpha value is -1.84. The molecule has 6 heteroatoms. The summed E-state index contributed by atoms with van der Waals surface area (Å²) in [5.41, 5.74) is 2.28. The minimum atomic E-state index is -0.216. The second-order valence-corrected chi connectivity index (χ2v) is 8.16. The van der Waals surface area contributed by atoms with E-state index >= 15 is 0 Å². The third kappa shape index (κ3) is 3.73. The molecule has 2 aromatic rings. The topological polar surface area (TPSA) is 62.1 Å². The van der Waals surface area contributed by atoms with E-state index in [1.54, 1.807) is 18.2 Å². The molecule has 0 aliphatic heterocycles. The number of ether oxygens (including phenoxy) is 1. The van der Waals surface area contributed by atoms with Crippen LogP contribution in [0.15, 0.2) is 22.7 Å². The van der Waals surface area contributed by atoms with Gasteiger partial charge in [0.1, 0.15) is 16.8 Å². The number of rotatable bonds is 4. The number of benzene rings is 1. The van der Waals surface area contributed by atoms with Crippen molar-refractivity contribution in [3.63, 3.8) is 0 Å². The third-order valence-corrected chi connectivity index (χ3v) is 6.13. The van der Waals surface area contributed by atoms with Gasteiger partial charge in [-0.1, -0.05) is 6.92 Å². The zero-order valence-corrected chi connectivity index (χ0v) is 16.6. The number of fused-ring (bicyclic) bond motifs is 1. The zero-order valence-electron chi connectivity index (χ0n) is 14.2. The lowest BCUT2D eigenvalue weighted by molar-refractivity contribution is 0.102. The molecule has 4 nitrogen and oxygen atoms in total. The van der Waals surface area contributed by atoms with E-state index in [1.807, 2.05) is 6.92 Å². The summed E-state index contributed by atoms with van der Waals surface area (Å²) < 4.78 is 6.21. The molecule has 1 aliphatic carbocycles. The van der Waals surface area contributed by atoms with Gasteiger partial charge in [-0.15, -0.1) is 11.3 Å². The van der Waals surface area contributed by atoms with Crippen LogP contribution in [0.3, 0.4) is 0 Å². The Morgan fingerprint density at radius 2 is 2.32 bits per heavy atom. The average molecular weight is 419 g/mol. The smallest absolute Gasteiger partial charge is 0.256 e. The maximum absolute atomic E-state index is 12.6. The fraction of sp³-hybridized carbons (Fsp3) is 0.368. The standard InChI is InChI=1S/C19H19BrN2O2S/c1-3-24-16-7-5-12(9-15(16)20)18(23)22-19-14(10-21)13-6-4-11(2)8-17(13)25-19/h5,7,9,11H,3-4,6,8H2,1-2H3,(H,22,23)/t11-/m0/s1. The van der Waals surface area contributed by atoms with Gasteiger partial charge in [-0.2, -0.15) is 5.26 Å². The maximum atomic E-state index is 12.6. The number of carbonyl (C=O) groups is 1. The Morgan fingerprint density at radius 3 is 3.00 bits per heavy atom. The quantitative estimate of drug-likeness (QED) is 0.745. The number of halogens is 1. The molecule has 1 heterocycles. The predicted molar refractivity (Wildman–Crippen MR) is 103 cm³/mol. The molecule has 0 saturated heterocycles. The molecule has 0 unspecified atom stereocenters. The normalized spacial score (nSPS) is 16.0. The van der Waals surface area contributed by atoms with Crippen LogP contribution in [0.5, 0.6) is 5.75 Å². The highest BCUT2D eigenvalue weighted by Crippen LogP contribution is 2.39. The molecule has 130 valence electrons. The highest BCUT2D eigenvalue weighted by Gasteiger charge is 2.25. The summed E-state index contributed by atoms with van der Waals surface area (Å²) in [6.45, 7) is 4.70. The lowest BCUT2D eigenvalue weighted by Gasteiger charge is -2.17. The molecular weight excluding hydrogens is 400 g/mol. The fourth-order valence-electron chi connectivity index (χ4n) is 3.05. The Kier molecular flexibility index (Phi) is 5.45. The van der Waals surface area contributed by atoms with Crippen molar-refractivity contribution in [3.8, 4) is 11.8 Å². The Morgan fingerprint density at radius 1 is 1.52 bits per heavy atom. The largest absolute Gasteiger partial charge is 0.493 e. The van der Waals surface area contributed by atoms with E-state index < -0.39 is 0 Å². The summed E-state index contributed by atoms with van der Waals surface area (Å²) in [4.78, 5) is 13.8. The van der Waals surface area contributed by atoms with Crippen LogP contribution in [-0.4, -0.2) is 12.5 Å². The number of nitrogens with zero attached hydrogens (tertiary/aromatic N) is 1. The molecule has 1 aromatic heterocycles. The SMILES string of the molecule is CCOc1ccc(C(=O)Nc2sc3c(c2C#N)CC[C@H](C)C3)cc1Br. The molecule has 25 heavy (non-hydrogen) atoms. The first-order valence-electron chi connectivity index (χ1n) is 8.31. The molecule has 0 radical (unpaired) electrons. The van der Waals surface area contributed by atoms with Crippen molar-refractivity contribution < 1.29 is 9.53 Å². The van der Waals surface area contributed by atoms with Crippen molar-refractivity contribution in [1.29, 1.82) is 5.26 Å². The first-order chi connectivity index (χ1) is 12.0. The van der Waals surface area contributed by atoms with E-state index in [0.717, 1.165) is 29.3 Å². The van der Waals surface area contributed by atoms with Crippen LogP contribution in [-0.2, 0) is 12.8 Å². The molecule has 1 N–H and O–H groups in total. The molecule has 1 aromatic carbocycles. The summed E-state index contributed by atoms with van der Waals surface area (Å²) in [6.07, 6.45) is 3.00. The molecule has 0 spiro atoms. The van der Waals surface area contributed by atoms with Crippen molar-refractivity contribution in [2.24, 2.45) is 5.92 Å². The van der Waals surface area contributed by atoms with Gasteiger partial charge >= 0.3 is 0 Å². The minimum Gasteiger partial charge on any atom is -0.493 e. The van der Waals surface area contributed by atoms with Gasteiger partial charge in [0.05, 0.1) is 16.6 Å². The van der Waals surface area contributed by atoms with Crippen molar-refractivity contribution in [3.05, 3.63) is 44.2 Å². The lowest BCUT2D eigenvalue weighted by atomic mass is 9.88. The maximum Gasteiger partial charge on any atom is 0.256 e. The number of nitrogens with one attached hydrogen (secondary N) is 1. The summed E-state index contributed by atoms with van der Waals surface area (Å²) in [7, 11) is 0. The number of amides is 1. The molecule has 0 fully saturated rings. The summed E-state index contributed by atoms with van der Waals surface area (Å²) in [5, 5.41) is 13.1. The second-order valence-electron chi connectivity index (χ2n) is 6.20. The second kappa shape index (κ2) is 7.59. The molecular formula is C19H19BrN2O2S. The van der Waals surface area contributed by atoms with Crippen LogP contribution in [0.4, 0.5) is 5.00 Å². The van der Waals surface area contributed by atoms with E-state index in [1.165, 1.54) is 16.2 Å². The van der Waals surface area contributed by atoms with Crippen LogP contribution in [0.2, 0.25) is 0 Å². The minimum absolute atomic E-state index is 0.216. The number of carbonyl (C=O) groups excluding carboxylic acids is 1. The van der Waals surface area contributed by atoms with Crippen molar-refractivity contribution in [1.82, 2.24) is 0 Å². The van der Waals surface area contributed by atoms with Crippen molar-refractivity contribution in [2.45, 2.75) is 33.1 Å².